The maximum atomic E-state index is 9.30. The Morgan fingerprint density at radius 3 is 2.73 bits per heavy atom. The van der Waals surface area contributed by atoms with Crippen molar-refractivity contribution in [3.8, 4) is 6.07 Å². The molecule has 0 saturated heterocycles. The number of benzene rings is 1. The summed E-state index contributed by atoms with van der Waals surface area (Å²) in [4.78, 5) is 0. The SMILES string of the molecule is CCCCCc1cn(C/C(C#N)=C/c2ccc(C)cc2)nn1. The van der Waals surface area contributed by atoms with Gasteiger partial charge in [0.05, 0.1) is 23.9 Å². The van der Waals surface area contributed by atoms with Gasteiger partial charge in [-0.25, -0.2) is 4.68 Å². The van der Waals surface area contributed by atoms with Crippen molar-refractivity contribution in [2.45, 2.75) is 46.1 Å². The summed E-state index contributed by atoms with van der Waals surface area (Å²) in [6.07, 6.45) is 8.35. The zero-order chi connectivity index (χ0) is 15.8. The van der Waals surface area contributed by atoms with E-state index in [9.17, 15) is 5.26 Å². The van der Waals surface area contributed by atoms with E-state index < -0.39 is 0 Å². The number of hydrogen-bond acceptors (Lipinski definition) is 3. The van der Waals surface area contributed by atoms with Crippen LogP contribution >= 0.6 is 0 Å². The van der Waals surface area contributed by atoms with Gasteiger partial charge >= 0.3 is 0 Å². The van der Waals surface area contributed by atoms with Crippen molar-refractivity contribution in [2.75, 3.05) is 0 Å². The van der Waals surface area contributed by atoms with E-state index >= 15 is 0 Å². The molecule has 2 aromatic rings. The van der Waals surface area contributed by atoms with E-state index in [1.54, 1.807) is 4.68 Å². The van der Waals surface area contributed by atoms with Crippen molar-refractivity contribution in [1.29, 1.82) is 5.26 Å². The second-order valence-corrected chi connectivity index (χ2v) is 5.56. The lowest BCUT2D eigenvalue weighted by Gasteiger charge is -2.00. The van der Waals surface area contributed by atoms with Crippen LogP contribution in [-0.2, 0) is 13.0 Å². The average Bonchev–Trinajstić information content (AvgIpc) is 2.96. The molecule has 0 unspecified atom stereocenters. The molecule has 4 nitrogen and oxygen atoms in total. The van der Waals surface area contributed by atoms with Gasteiger partial charge in [-0.1, -0.05) is 54.8 Å². The first-order chi connectivity index (χ1) is 10.7. The van der Waals surface area contributed by atoms with Crippen LogP contribution in [0, 0.1) is 18.3 Å². The monoisotopic (exact) mass is 294 g/mol. The molecular formula is C18H22N4. The Balaban J connectivity index is 2.01. The maximum Gasteiger partial charge on any atom is 0.0967 e. The number of rotatable bonds is 7. The van der Waals surface area contributed by atoms with Gasteiger partial charge in [0, 0.05) is 6.20 Å². The van der Waals surface area contributed by atoms with Crippen LogP contribution in [0.1, 0.15) is 43.0 Å². The second-order valence-electron chi connectivity index (χ2n) is 5.56. The molecule has 4 heteroatoms. The molecule has 0 radical (unpaired) electrons. The number of hydrogen-bond donors (Lipinski definition) is 0. The van der Waals surface area contributed by atoms with E-state index in [2.05, 4.69) is 23.3 Å². The van der Waals surface area contributed by atoms with E-state index in [-0.39, 0.29) is 0 Å². The van der Waals surface area contributed by atoms with Crippen molar-refractivity contribution in [1.82, 2.24) is 15.0 Å². The number of allylic oxidation sites excluding steroid dienone is 1. The summed E-state index contributed by atoms with van der Waals surface area (Å²) < 4.78 is 1.74. The van der Waals surface area contributed by atoms with E-state index in [0.29, 0.717) is 12.1 Å². The minimum absolute atomic E-state index is 0.463. The molecule has 114 valence electrons. The van der Waals surface area contributed by atoms with E-state index in [1.165, 1.54) is 18.4 Å². The molecular weight excluding hydrogens is 272 g/mol. The summed E-state index contributed by atoms with van der Waals surface area (Å²) in [5.41, 5.74) is 3.92. The number of nitriles is 1. The van der Waals surface area contributed by atoms with Crippen molar-refractivity contribution in [3.05, 3.63) is 52.9 Å². The van der Waals surface area contributed by atoms with Gasteiger partial charge in [-0.15, -0.1) is 5.10 Å². The first-order valence-corrected chi connectivity index (χ1v) is 7.77. The smallest absolute Gasteiger partial charge is 0.0967 e. The predicted octanol–water partition coefficient (Wildman–Crippen LogP) is 3.93. The van der Waals surface area contributed by atoms with E-state index in [0.717, 1.165) is 24.1 Å². The molecule has 0 aliphatic rings. The van der Waals surface area contributed by atoms with Crippen LogP contribution in [0.3, 0.4) is 0 Å². The molecule has 1 aromatic heterocycles. The topological polar surface area (TPSA) is 54.5 Å². The van der Waals surface area contributed by atoms with Crippen LogP contribution in [0.25, 0.3) is 6.08 Å². The molecule has 0 fully saturated rings. The van der Waals surface area contributed by atoms with Crippen molar-refractivity contribution < 1.29 is 0 Å². The first kappa shape index (κ1) is 16.0. The average molecular weight is 294 g/mol. The van der Waals surface area contributed by atoms with E-state index in [4.69, 9.17) is 0 Å². The molecule has 0 N–H and O–H groups in total. The highest BCUT2D eigenvalue weighted by Gasteiger charge is 2.03. The van der Waals surface area contributed by atoms with Crippen molar-refractivity contribution >= 4 is 6.08 Å². The van der Waals surface area contributed by atoms with Gasteiger partial charge in [0.1, 0.15) is 0 Å². The molecule has 0 bridgehead atoms. The molecule has 0 spiro atoms. The minimum atomic E-state index is 0.463. The highest BCUT2D eigenvalue weighted by atomic mass is 15.4. The number of unbranched alkanes of at least 4 members (excludes halogenated alkanes) is 2. The molecule has 0 aliphatic carbocycles. The lowest BCUT2D eigenvalue weighted by molar-refractivity contribution is 0.650. The molecule has 0 saturated carbocycles. The molecule has 0 aliphatic heterocycles. The second kappa shape index (κ2) is 8.14. The molecule has 1 heterocycles. The van der Waals surface area contributed by atoms with Crippen LogP contribution in [0.15, 0.2) is 36.0 Å². The normalized spacial score (nSPS) is 11.4. The third-order valence-electron chi connectivity index (χ3n) is 3.52. The van der Waals surface area contributed by atoms with Gasteiger partial charge in [-0.3, -0.25) is 0 Å². The molecule has 2 rings (SSSR count). The summed E-state index contributed by atoms with van der Waals surface area (Å²) >= 11 is 0. The summed E-state index contributed by atoms with van der Waals surface area (Å²) in [5, 5.41) is 17.6. The van der Waals surface area contributed by atoms with Crippen LogP contribution < -0.4 is 0 Å². The summed E-state index contributed by atoms with van der Waals surface area (Å²) in [6.45, 7) is 4.70. The first-order valence-electron chi connectivity index (χ1n) is 7.77. The Morgan fingerprint density at radius 1 is 1.27 bits per heavy atom. The number of aryl methyl sites for hydroxylation is 2. The third kappa shape index (κ3) is 4.85. The van der Waals surface area contributed by atoms with Crippen LogP contribution in [-0.4, -0.2) is 15.0 Å². The summed E-state index contributed by atoms with van der Waals surface area (Å²) in [5.74, 6) is 0. The fraction of sp³-hybridized carbons (Fsp3) is 0.389. The van der Waals surface area contributed by atoms with Crippen molar-refractivity contribution in [2.24, 2.45) is 0 Å². The highest BCUT2D eigenvalue weighted by Crippen LogP contribution is 2.10. The van der Waals surface area contributed by atoms with E-state index in [1.807, 2.05) is 43.5 Å². The molecule has 0 atom stereocenters. The van der Waals surface area contributed by atoms with Crippen LogP contribution in [0.5, 0.6) is 0 Å². The Labute approximate surface area is 132 Å². The zero-order valence-electron chi connectivity index (χ0n) is 13.3. The van der Waals surface area contributed by atoms with Crippen LogP contribution in [0.2, 0.25) is 0 Å². The Kier molecular flexibility index (Phi) is 5.91. The molecule has 0 amide bonds. The maximum absolute atomic E-state index is 9.30. The largest absolute Gasteiger partial charge is 0.247 e. The van der Waals surface area contributed by atoms with Gasteiger partial charge in [-0.2, -0.15) is 5.26 Å². The molecule has 1 aromatic carbocycles. The molecule has 22 heavy (non-hydrogen) atoms. The quantitative estimate of drug-likeness (QED) is 0.574. The summed E-state index contributed by atoms with van der Waals surface area (Å²) in [7, 11) is 0. The van der Waals surface area contributed by atoms with Crippen molar-refractivity contribution in [3.63, 3.8) is 0 Å². The van der Waals surface area contributed by atoms with Gasteiger partial charge in [0.25, 0.3) is 0 Å². The highest BCUT2D eigenvalue weighted by molar-refractivity contribution is 5.57. The fourth-order valence-electron chi connectivity index (χ4n) is 2.24. The van der Waals surface area contributed by atoms with Crippen LogP contribution in [0.4, 0.5) is 0 Å². The van der Waals surface area contributed by atoms with Gasteiger partial charge < -0.3 is 0 Å². The van der Waals surface area contributed by atoms with Gasteiger partial charge in [-0.05, 0) is 31.4 Å². The van der Waals surface area contributed by atoms with Gasteiger partial charge in [0.2, 0.25) is 0 Å². The zero-order valence-corrected chi connectivity index (χ0v) is 13.3. The minimum Gasteiger partial charge on any atom is -0.247 e. The summed E-state index contributed by atoms with van der Waals surface area (Å²) in [6, 6.07) is 10.4. The van der Waals surface area contributed by atoms with Gasteiger partial charge in [0.15, 0.2) is 0 Å². The number of aromatic nitrogens is 3. The lowest BCUT2D eigenvalue weighted by atomic mass is 10.1. The predicted molar refractivity (Wildman–Crippen MR) is 88.0 cm³/mol. The fourth-order valence-corrected chi connectivity index (χ4v) is 2.24. The Hall–Kier alpha value is -2.41. The standard InChI is InChI=1S/C18H22N4/c1-3-4-5-6-18-14-22(21-20-18)13-17(12-19)11-16-9-7-15(2)8-10-16/h7-11,14H,3-6,13H2,1-2H3/b17-11+. The number of nitrogens with zero attached hydrogens (tertiary/aromatic N) is 4. The third-order valence-corrected chi connectivity index (χ3v) is 3.52. The lowest BCUT2D eigenvalue weighted by Crippen LogP contribution is -2.00. The Morgan fingerprint density at radius 2 is 2.05 bits per heavy atom. The Bertz CT molecular complexity index is 659.